The second-order valence-electron chi connectivity index (χ2n) is 4.82. The Morgan fingerprint density at radius 2 is 2.13 bits per heavy atom. The van der Waals surface area contributed by atoms with Crippen molar-refractivity contribution in [3.63, 3.8) is 0 Å². The van der Waals surface area contributed by atoms with E-state index in [9.17, 15) is 5.11 Å². The summed E-state index contributed by atoms with van der Waals surface area (Å²) < 4.78 is 10.6. The van der Waals surface area contributed by atoms with Crippen LogP contribution in [0.3, 0.4) is 0 Å². The lowest BCUT2D eigenvalue weighted by Crippen LogP contribution is -2.41. The summed E-state index contributed by atoms with van der Waals surface area (Å²) in [6, 6.07) is 0. The van der Waals surface area contributed by atoms with Crippen molar-refractivity contribution in [2.24, 2.45) is 5.92 Å². The standard InChI is InChI=1S/C11H21NO3/c1-12(6-9-4-10(13)5-9)7-11-2-3-14-8-15-11/h9-11,13H,2-8H2,1H3. The molecule has 1 saturated heterocycles. The normalized spacial score (nSPS) is 36.6. The third kappa shape index (κ3) is 3.41. The van der Waals surface area contributed by atoms with Crippen molar-refractivity contribution in [2.75, 3.05) is 33.5 Å². The van der Waals surface area contributed by atoms with E-state index in [4.69, 9.17) is 9.47 Å². The number of aliphatic hydroxyl groups is 1. The van der Waals surface area contributed by atoms with Gasteiger partial charge in [-0.2, -0.15) is 0 Å². The van der Waals surface area contributed by atoms with Crippen molar-refractivity contribution in [1.82, 2.24) is 4.90 Å². The maximum absolute atomic E-state index is 9.19. The highest BCUT2D eigenvalue weighted by Gasteiger charge is 2.28. The fourth-order valence-corrected chi connectivity index (χ4v) is 2.36. The molecule has 4 heteroatoms. The van der Waals surface area contributed by atoms with Gasteiger partial charge in [0, 0.05) is 13.1 Å². The molecule has 0 aromatic carbocycles. The van der Waals surface area contributed by atoms with Crippen molar-refractivity contribution in [2.45, 2.75) is 31.5 Å². The van der Waals surface area contributed by atoms with Crippen LogP contribution in [-0.2, 0) is 9.47 Å². The van der Waals surface area contributed by atoms with Crippen LogP contribution in [0.15, 0.2) is 0 Å². The molecule has 0 amide bonds. The van der Waals surface area contributed by atoms with E-state index in [0.29, 0.717) is 18.8 Å². The monoisotopic (exact) mass is 215 g/mol. The van der Waals surface area contributed by atoms with Crippen LogP contribution in [0.2, 0.25) is 0 Å². The lowest BCUT2D eigenvalue weighted by Gasteiger charge is -2.36. The zero-order chi connectivity index (χ0) is 10.7. The molecule has 1 unspecified atom stereocenters. The summed E-state index contributed by atoms with van der Waals surface area (Å²) in [6.07, 6.45) is 3.23. The molecule has 0 aromatic rings. The van der Waals surface area contributed by atoms with Gasteiger partial charge in [0.25, 0.3) is 0 Å². The molecule has 15 heavy (non-hydrogen) atoms. The predicted octanol–water partition coefficient (Wildman–Crippen LogP) is 0.452. The minimum absolute atomic E-state index is 0.0391. The van der Waals surface area contributed by atoms with Gasteiger partial charge < -0.3 is 19.5 Å². The average molecular weight is 215 g/mol. The molecular formula is C11H21NO3. The quantitative estimate of drug-likeness (QED) is 0.739. The van der Waals surface area contributed by atoms with Crippen LogP contribution in [0.4, 0.5) is 0 Å². The van der Waals surface area contributed by atoms with Gasteiger partial charge in [0.15, 0.2) is 0 Å². The fourth-order valence-electron chi connectivity index (χ4n) is 2.36. The van der Waals surface area contributed by atoms with Gasteiger partial charge in [-0.25, -0.2) is 0 Å². The maximum atomic E-state index is 9.19. The molecule has 1 atom stereocenters. The second kappa shape index (κ2) is 5.25. The fraction of sp³-hybridized carbons (Fsp3) is 1.00. The van der Waals surface area contributed by atoms with E-state index in [1.165, 1.54) is 0 Å². The van der Waals surface area contributed by atoms with Gasteiger partial charge in [0.05, 0.1) is 18.8 Å². The van der Waals surface area contributed by atoms with E-state index < -0.39 is 0 Å². The minimum atomic E-state index is -0.0391. The molecule has 4 nitrogen and oxygen atoms in total. The number of ether oxygens (including phenoxy) is 2. The summed E-state index contributed by atoms with van der Waals surface area (Å²) in [6.45, 7) is 3.33. The van der Waals surface area contributed by atoms with Crippen molar-refractivity contribution in [1.29, 1.82) is 0 Å². The van der Waals surface area contributed by atoms with E-state index in [-0.39, 0.29) is 6.10 Å². The van der Waals surface area contributed by atoms with Crippen molar-refractivity contribution in [3.05, 3.63) is 0 Å². The lowest BCUT2D eigenvalue weighted by atomic mass is 9.82. The van der Waals surface area contributed by atoms with Gasteiger partial charge >= 0.3 is 0 Å². The molecule has 1 aliphatic carbocycles. The molecular weight excluding hydrogens is 194 g/mol. The number of hydrogen-bond donors (Lipinski definition) is 1. The second-order valence-corrected chi connectivity index (χ2v) is 4.82. The summed E-state index contributed by atoms with van der Waals surface area (Å²) in [4.78, 5) is 2.31. The Labute approximate surface area is 91.2 Å². The van der Waals surface area contributed by atoms with Crippen LogP contribution < -0.4 is 0 Å². The molecule has 1 saturated carbocycles. The van der Waals surface area contributed by atoms with Crippen molar-refractivity contribution >= 4 is 0 Å². The SMILES string of the molecule is CN(CC1CC(O)C1)CC1CCOCO1. The first-order valence-electron chi connectivity index (χ1n) is 5.80. The van der Waals surface area contributed by atoms with Gasteiger partial charge in [0.2, 0.25) is 0 Å². The summed E-state index contributed by atoms with van der Waals surface area (Å²) in [7, 11) is 2.13. The molecule has 0 spiro atoms. The van der Waals surface area contributed by atoms with Crippen molar-refractivity contribution < 1.29 is 14.6 Å². The molecule has 0 bridgehead atoms. The van der Waals surface area contributed by atoms with E-state index >= 15 is 0 Å². The van der Waals surface area contributed by atoms with Crippen LogP contribution in [0.5, 0.6) is 0 Å². The van der Waals surface area contributed by atoms with E-state index in [2.05, 4.69) is 11.9 Å². The maximum Gasteiger partial charge on any atom is 0.147 e. The predicted molar refractivity (Wildman–Crippen MR) is 56.5 cm³/mol. The van der Waals surface area contributed by atoms with Gasteiger partial charge in [-0.15, -0.1) is 0 Å². The molecule has 2 fully saturated rings. The van der Waals surface area contributed by atoms with Crippen molar-refractivity contribution in [3.8, 4) is 0 Å². The summed E-state index contributed by atoms with van der Waals surface area (Å²) in [5.74, 6) is 0.685. The first kappa shape index (κ1) is 11.3. The Bertz CT molecular complexity index is 188. The molecule has 2 aliphatic rings. The number of rotatable bonds is 4. The van der Waals surface area contributed by atoms with Crippen LogP contribution in [-0.4, -0.2) is 55.8 Å². The minimum Gasteiger partial charge on any atom is -0.393 e. The van der Waals surface area contributed by atoms with Gasteiger partial charge in [-0.05, 0) is 32.2 Å². The lowest BCUT2D eigenvalue weighted by molar-refractivity contribution is -0.144. The third-order valence-corrected chi connectivity index (χ3v) is 3.27. The van der Waals surface area contributed by atoms with Gasteiger partial charge in [-0.1, -0.05) is 0 Å². The highest BCUT2D eigenvalue weighted by Crippen LogP contribution is 2.27. The Kier molecular flexibility index (Phi) is 3.97. The Morgan fingerprint density at radius 3 is 2.73 bits per heavy atom. The van der Waals surface area contributed by atoms with Crippen LogP contribution in [0.1, 0.15) is 19.3 Å². The molecule has 1 aliphatic heterocycles. The largest absolute Gasteiger partial charge is 0.393 e. The van der Waals surface area contributed by atoms with Crippen LogP contribution in [0, 0.1) is 5.92 Å². The zero-order valence-corrected chi connectivity index (χ0v) is 9.39. The smallest absolute Gasteiger partial charge is 0.147 e. The molecule has 1 N–H and O–H groups in total. The first-order chi connectivity index (χ1) is 7.24. The number of aliphatic hydroxyl groups excluding tert-OH is 1. The summed E-state index contributed by atoms with van der Waals surface area (Å²) in [5.41, 5.74) is 0. The average Bonchev–Trinajstić information content (AvgIpc) is 2.17. The summed E-state index contributed by atoms with van der Waals surface area (Å²) >= 11 is 0. The van der Waals surface area contributed by atoms with E-state index in [0.717, 1.165) is 39.0 Å². The van der Waals surface area contributed by atoms with E-state index in [1.807, 2.05) is 0 Å². The molecule has 1 heterocycles. The highest BCUT2D eigenvalue weighted by atomic mass is 16.7. The first-order valence-corrected chi connectivity index (χ1v) is 5.80. The Morgan fingerprint density at radius 1 is 1.33 bits per heavy atom. The topological polar surface area (TPSA) is 41.9 Å². The number of hydrogen-bond acceptors (Lipinski definition) is 4. The summed E-state index contributed by atoms with van der Waals surface area (Å²) in [5, 5.41) is 9.19. The van der Waals surface area contributed by atoms with Gasteiger partial charge in [0.1, 0.15) is 6.79 Å². The number of likely N-dealkylation sites (N-methyl/N-ethyl adjacent to an activating group) is 1. The van der Waals surface area contributed by atoms with E-state index in [1.54, 1.807) is 0 Å². The molecule has 0 aromatic heterocycles. The van der Waals surface area contributed by atoms with Crippen LogP contribution in [0.25, 0.3) is 0 Å². The molecule has 88 valence electrons. The molecule has 0 radical (unpaired) electrons. The highest BCUT2D eigenvalue weighted by molar-refractivity contribution is 4.81. The Balaban J connectivity index is 1.61. The van der Waals surface area contributed by atoms with Crippen LogP contribution >= 0.6 is 0 Å². The Hall–Kier alpha value is -0.160. The van der Waals surface area contributed by atoms with Gasteiger partial charge in [-0.3, -0.25) is 0 Å². The zero-order valence-electron chi connectivity index (χ0n) is 9.39. The third-order valence-electron chi connectivity index (χ3n) is 3.27. The number of nitrogens with zero attached hydrogens (tertiary/aromatic N) is 1. The molecule has 2 rings (SSSR count).